The molecule has 0 aliphatic carbocycles. The molecule has 0 aliphatic rings. The summed E-state index contributed by atoms with van der Waals surface area (Å²) in [7, 11) is 0. The van der Waals surface area contributed by atoms with E-state index < -0.39 is 5.60 Å². The molecule has 0 spiro atoms. The van der Waals surface area contributed by atoms with E-state index in [1.165, 1.54) is 0 Å². The van der Waals surface area contributed by atoms with E-state index in [-0.39, 0.29) is 18.4 Å². The topological polar surface area (TPSA) is 67.2 Å². The van der Waals surface area contributed by atoms with Gasteiger partial charge in [0.15, 0.2) is 0 Å². The van der Waals surface area contributed by atoms with Gasteiger partial charge in [0.05, 0.1) is 23.1 Å². The maximum atomic E-state index is 12.3. The van der Waals surface area contributed by atoms with E-state index in [4.69, 9.17) is 0 Å². The molecule has 1 unspecified atom stereocenters. The van der Waals surface area contributed by atoms with Gasteiger partial charge in [0.1, 0.15) is 0 Å². The fourth-order valence-corrected chi connectivity index (χ4v) is 2.04. The van der Waals surface area contributed by atoms with Gasteiger partial charge in [0, 0.05) is 13.1 Å². The Morgan fingerprint density at radius 3 is 2.52 bits per heavy atom. The molecule has 1 aromatic rings. The monoisotopic (exact) mass is 295 g/mol. The van der Waals surface area contributed by atoms with Crippen molar-refractivity contribution in [3.05, 3.63) is 17.5 Å². The van der Waals surface area contributed by atoms with E-state index in [1.54, 1.807) is 13.1 Å². The van der Waals surface area contributed by atoms with Gasteiger partial charge in [-0.1, -0.05) is 34.6 Å². The lowest BCUT2D eigenvalue weighted by Crippen LogP contribution is -2.44. The normalized spacial score (nSPS) is 14.5. The number of aromatic nitrogens is 2. The fourth-order valence-electron chi connectivity index (χ4n) is 2.04. The number of rotatable bonds is 7. The predicted molar refractivity (Wildman–Crippen MR) is 84.2 cm³/mol. The van der Waals surface area contributed by atoms with Crippen molar-refractivity contribution in [1.82, 2.24) is 15.1 Å². The molecule has 0 saturated heterocycles. The lowest BCUT2D eigenvalue weighted by atomic mass is 9.92. The molecule has 1 rings (SSSR count). The molecule has 0 radical (unpaired) electrons. The number of carbonyl (C=O) groups excluding carboxylic acids is 1. The number of hydrogen-bond acceptors (Lipinski definition) is 3. The molecule has 0 fully saturated rings. The Labute approximate surface area is 127 Å². The SMILES string of the molecule is CCc1c(C(=O)NCC(C)(O)C(C)C)cnn1CC(C)C. The molecule has 1 atom stereocenters. The first-order valence-corrected chi connectivity index (χ1v) is 7.74. The minimum atomic E-state index is -0.907. The Morgan fingerprint density at radius 1 is 1.43 bits per heavy atom. The molecular formula is C16H29N3O2. The Morgan fingerprint density at radius 2 is 2.05 bits per heavy atom. The van der Waals surface area contributed by atoms with Gasteiger partial charge in [-0.25, -0.2) is 0 Å². The van der Waals surface area contributed by atoms with Crippen LogP contribution in [0.25, 0.3) is 0 Å². The summed E-state index contributed by atoms with van der Waals surface area (Å²) in [4.78, 5) is 12.3. The molecule has 120 valence electrons. The zero-order valence-electron chi connectivity index (χ0n) is 14.1. The maximum absolute atomic E-state index is 12.3. The van der Waals surface area contributed by atoms with Gasteiger partial charge >= 0.3 is 0 Å². The second-order valence-corrected chi connectivity index (χ2v) is 6.63. The van der Waals surface area contributed by atoms with Crippen LogP contribution in [-0.4, -0.2) is 32.9 Å². The van der Waals surface area contributed by atoms with E-state index >= 15 is 0 Å². The molecule has 21 heavy (non-hydrogen) atoms. The van der Waals surface area contributed by atoms with Crippen molar-refractivity contribution in [2.45, 2.75) is 60.1 Å². The molecular weight excluding hydrogens is 266 g/mol. The fraction of sp³-hybridized carbons (Fsp3) is 0.750. The van der Waals surface area contributed by atoms with Crippen molar-refractivity contribution in [3.8, 4) is 0 Å². The molecule has 1 amide bonds. The van der Waals surface area contributed by atoms with E-state index in [0.717, 1.165) is 18.7 Å². The van der Waals surface area contributed by atoms with Gasteiger partial charge < -0.3 is 10.4 Å². The summed E-state index contributed by atoms with van der Waals surface area (Å²) in [6.07, 6.45) is 2.39. The number of nitrogens with one attached hydrogen (secondary N) is 1. The molecule has 2 N–H and O–H groups in total. The van der Waals surface area contributed by atoms with Crippen molar-refractivity contribution in [2.75, 3.05) is 6.54 Å². The summed E-state index contributed by atoms with van der Waals surface area (Å²) in [6, 6.07) is 0. The first-order chi connectivity index (χ1) is 9.69. The average molecular weight is 295 g/mol. The number of amides is 1. The van der Waals surface area contributed by atoms with Crippen LogP contribution >= 0.6 is 0 Å². The third-order valence-corrected chi connectivity index (χ3v) is 3.92. The van der Waals surface area contributed by atoms with E-state index in [1.807, 2.05) is 25.5 Å². The second kappa shape index (κ2) is 7.07. The molecule has 1 aromatic heterocycles. The van der Waals surface area contributed by atoms with Crippen LogP contribution in [0.3, 0.4) is 0 Å². The van der Waals surface area contributed by atoms with Gasteiger partial charge in [0.2, 0.25) is 0 Å². The molecule has 0 bridgehead atoms. The smallest absolute Gasteiger partial charge is 0.254 e. The van der Waals surface area contributed by atoms with Gasteiger partial charge in [0.25, 0.3) is 5.91 Å². The Balaban J connectivity index is 2.81. The van der Waals surface area contributed by atoms with Crippen LogP contribution in [0.4, 0.5) is 0 Å². The first kappa shape index (κ1) is 17.7. The zero-order valence-corrected chi connectivity index (χ0v) is 14.1. The minimum Gasteiger partial charge on any atom is -0.388 e. The summed E-state index contributed by atoms with van der Waals surface area (Å²) >= 11 is 0. The van der Waals surface area contributed by atoms with Crippen molar-refractivity contribution >= 4 is 5.91 Å². The minimum absolute atomic E-state index is 0.0760. The second-order valence-electron chi connectivity index (χ2n) is 6.63. The van der Waals surface area contributed by atoms with Crippen LogP contribution in [-0.2, 0) is 13.0 Å². The summed E-state index contributed by atoms with van der Waals surface area (Å²) in [6.45, 7) is 12.9. The Hall–Kier alpha value is -1.36. The van der Waals surface area contributed by atoms with Crippen LogP contribution in [0.5, 0.6) is 0 Å². The van der Waals surface area contributed by atoms with Crippen molar-refractivity contribution in [3.63, 3.8) is 0 Å². The average Bonchev–Trinajstić information content (AvgIpc) is 2.77. The largest absolute Gasteiger partial charge is 0.388 e. The summed E-state index contributed by atoms with van der Waals surface area (Å²) < 4.78 is 1.90. The van der Waals surface area contributed by atoms with Gasteiger partial charge in [-0.05, 0) is 25.2 Å². The highest BCUT2D eigenvalue weighted by Gasteiger charge is 2.26. The Kier molecular flexibility index (Phi) is 5.96. The van der Waals surface area contributed by atoms with Crippen LogP contribution in [0.2, 0.25) is 0 Å². The van der Waals surface area contributed by atoms with Crippen LogP contribution in [0, 0.1) is 11.8 Å². The molecule has 5 nitrogen and oxygen atoms in total. The molecule has 5 heteroatoms. The van der Waals surface area contributed by atoms with Crippen LogP contribution < -0.4 is 5.32 Å². The third kappa shape index (κ3) is 4.56. The zero-order chi connectivity index (χ0) is 16.2. The highest BCUT2D eigenvalue weighted by atomic mass is 16.3. The molecule has 0 saturated carbocycles. The summed E-state index contributed by atoms with van der Waals surface area (Å²) in [5, 5.41) is 17.3. The molecule has 0 aliphatic heterocycles. The van der Waals surface area contributed by atoms with E-state index in [9.17, 15) is 9.90 Å². The van der Waals surface area contributed by atoms with Crippen molar-refractivity contribution in [2.24, 2.45) is 11.8 Å². The standard InChI is InChI=1S/C16H29N3O2/c1-7-14-13(8-18-19(14)9-11(2)3)15(20)17-10-16(6,21)12(4)5/h8,11-12,21H,7,9-10H2,1-6H3,(H,17,20). The van der Waals surface area contributed by atoms with Crippen molar-refractivity contribution in [1.29, 1.82) is 0 Å². The maximum Gasteiger partial charge on any atom is 0.254 e. The summed E-state index contributed by atoms with van der Waals surface area (Å²) in [5.74, 6) is 0.391. The third-order valence-electron chi connectivity index (χ3n) is 3.92. The Bertz CT molecular complexity index is 476. The number of hydrogen-bond donors (Lipinski definition) is 2. The van der Waals surface area contributed by atoms with Crippen LogP contribution in [0.15, 0.2) is 6.20 Å². The highest BCUT2D eigenvalue weighted by Crippen LogP contribution is 2.16. The van der Waals surface area contributed by atoms with Gasteiger partial charge in [-0.15, -0.1) is 0 Å². The summed E-state index contributed by atoms with van der Waals surface area (Å²) in [5.41, 5.74) is 0.652. The van der Waals surface area contributed by atoms with Crippen molar-refractivity contribution < 1.29 is 9.90 Å². The number of carbonyl (C=O) groups is 1. The number of nitrogens with zero attached hydrogens (tertiary/aromatic N) is 2. The number of aliphatic hydroxyl groups is 1. The lowest BCUT2D eigenvalue weighted by Gasteiger charge is -2.27. The lowest BCUT2D eigenvalue weighted by molar-refractivity contribution is 0.0142. The highest BCUT2D eigenvalue weighted by molar-refractivity contribution is 5.95. The molecule has 1 heterocycles. The van der Waals surface area contributed by atoms with Crippen LogP contribution in [0.1, 0.15) is 57.6 Å². The van der Waals surface area contributed by atoms with Gasteiger partial charge in [-0.3, -0.25) is 9.48 Å². The predicted octanol–water partition coefficient (Wildman–Crippen LogP) is 2.24. The van der Waals surface area contributed by atoms with E-state index in [2.05, 4.69) is 24.3 Å². The van der Waals surface area contributed by atoms with E-state index in [0.29, 0.717) is 11.5 Å². The first-order valence-electron chi connectivity index (χ1n) is 7.74. The van der Waals surface area contributed by atoms with Gasteiger partial charge in [-0.2, -0.15) is 5.10 Å². The molecule has 0 aromatic carbocycles. The quantitative estimate of drug-likeness (QED) is 0.810.